The van der Waals surface area contributed by atoms with Crippen molar-refractivity contribution >= 4 is 16.0 Å². The fourth-order valence-corrected chi connectivity index (χ4v) is 3.55. The van der Waals surface area contributed by atoms with Crippen molar-refractivity contribution in [1.82, 2.24) is 4.31 Å². The molecule has 0 radical (unpaired) electrons. The van der Waals surface area contributed by atoms with Gasteiger partial charge in [-0.15, -0.1) is 0 Å². The van der Waals surface area contributed by atoms with Crippen LogP contribution in [0.4, 0.5) is 4.39 Å². The fourth-order valence-electron chi connectivity index (χ4n) is 1.77. The monoisotopic (exact) mass is 303 g/mol. The number of carbonyl (C=O) groups is 1. The number of aryl methyl sites for hydroxylation is 1. The molecule has 0 N–H and O–H groups in total. The highest BCUT2D eigenvalue weighted by Gasteiger charge is 2.30. The first kappa shape index (κ1) is 16.6. The number of benzene rings is 1. The highest BCUT2D eigenvalue weighted by atomic mass is 32.2. The van der Waals surface area contributed by atoms with Crippen LogP contribution in [0.3, 0.4) is 0 Å². The van der Waals surface area contributed by atoms with Crippen molar-refractivity contribution < 1.29 is 22.3 Å². The van der Waals surface area contributed by atoms with Gasteiger partial charge < -0.3 is 4.74 Å². The Morgan fingerprint density at radius 1 is 1.40 bits per heavy atom. The van der Waals surface area contributed by atoms with Gasteiger partial charge in [-0.05, 0) is 44.5 Å². The molecule has 0 aliphatic rings. The number of sulfonamides is 1. The summed E-state index contributed by atoms with van der Waals surface area (Å²) in [4.78, 5) is 11.3. The van der Waals surface area contributed by atoms with Crippen LogP contribution in [0.1, 0.15) is 19.4 Å². The lowest BCUT2D eigenvalue weighted by Gasteiger charge is -2.25. The minimum Gasteiger partial charge on any atom is -0.468 e. The molecule has 0 heterocycles. The average molecular weight is 303 g/mol. The van der Waals surface area contributed by atoms with Gasteiger partial charge in [0.2, 0.25) is 10.0 Å². The van der Waals surface area contributed by atoms with Gasteiger partial charge >= 0.3 is 5.97 Å². The van der Waals surface area contributed by atoms with Crippen molar-refractivity contribution in [3.8, 4) is 0 Å². The minimum atomic E-state index is -3.89. The normalized spacial score (nSPS) is 11.9. The fraction of sp³-hybridized carbons (Fsp3) is 0.462. The summed E-state index contributed by atoms with van der Waals surface area (Å²) < 4.78 is 43.7. The number of hydrogen-bond donors (Lipinski definition) is 0. The zero-order chi connectivity index (χ0) is 15.5. The van der Waals surface area contributed by atoms with Crippen molar-refractivity contribution in [3.05, 3.63) is 29.6 Å². The van der Waals surface area contributed by atoms with Gasteiger partial charge in [-0.25, -0.2) is 12.8 Å². The third-order valence-corrected chi connectivity index (χ3v) is 4.99. The van der Waals surface area contributed by atoms with Gasteiger partial charge in [-0.2, -0.15) is 4.31 Å². The summed E-state index contributed by atoms with van der Waals surface area (Å²) >= 11 is 0. The first-order valence-electron chi connectivity index (χ1n) is 6.05. The maximum Gasteiger partial charge on any atom is 0.321 e. The molecule has 0 aromatic heterocycles. The van der Waals surface area contributed by atoms with E-state index in [2.05, 4.69) is 4.74 Å². The Morgan fingerprint density at radius 3 is 2.45 bits per heavy atom. The summed E-state index contributed by atoms with van der Waals surface area (Å²) in [5.74, 6) is -1.16. The predicted molar refractivity (Wildman–Crippen MR) is 72.2 cm³/mol. The summed E-state index contributed by atoms with van der Waals surface area (Å²) in [6.07, 6.45) is 0. The van der Waals surface area contributed by atoms with E-state index in [0.29, 0.717) is 5.56 Å². The second kappa shape index (κ2) is 6.32. The van der Waals surface area contributed by atoms with E-state index < -0.39 is 27.9 Å². The van der Waals surface area contributed by atoms with Gasteiger partial charge in [0.25, 0.3) is 0 Å². The largest absolute Gasteiger partial charge is 0.468 e. The van der Waals surface area contributed by atoms with Crippen molar-refractivity contribution in [1.29, 1.82) is 0 Å². The van der Waals surface area contributed by atoms with Crippen LogP contribution in [0.15, 0.2) is 23.1 Å². The van der Waals surface area contributed by atoms with E-state index in [9.17, 15) is 17.6 Å². The van der Waals surface area contributed by atoms with Crippen molar-refractivity contribution in [2.75, 3.05) is 13.7 Å². The van der Waals surface area contributed by atoms with E-state index in [-0.39, 0.29) is 11.4 Å². The zero-order valence-corrected chi connectivity index (χ0v) is 12.7. The molecular weight excluding hydrogens is 285 g/mol. The molecular formula is C13H18FNO4S. The van der Waals surface area contributed by atoms with Crippen LogP contribution in [-0.4, -0.2) is 38.4 Å². The molecule has 5 nitrogen and oxygen atoms in total. The van der Waals surface area contributed by atoms with E-state index in [1.165, 1.54) is 20.1 Å². The lowest BCUT2D eigenvalue weighted by atomic mass is 10.2. The number of methoxy groups -OCH3 is 1. The molecule has 7 heteroatoms. The maximum atomic E-state index is 13.1. The Labute approximate surface area is 118 Å². The lowest BCUT2D eigenvalue weighted by Crippen LogP contribution is -2.41. The third kappa shape index (κ3) is 3.55. The Hall–Kier alpha value is -1.47. The molecule has 0 spiro atoms. The van der Waals surface area contributed by atoms with Crippen molar-refractivity contribution in [2.45, 2.75) is 31.7 Å². The van der Waals surface area contributed by atoms with Crippen molar-refractivity contribution in [2.24, 2.45) is 0 Å². The molecule has 0 amide bonds. The summed E-state index contributed by atoms with van der Waals surface area (Å²) in [7, 11) is -2.70. The maximum absolute atomic E-state index is 13.1. The molecule has 0 saturated carbocycles. The number of hydrogen-bond acceptors (Lipinski definition) is 4. The molecule has 0 bridgehead atoms. The van der Waals surface area contributed by atoms with Crippen LogP contribution in [0.5, 0.6) is 0 Å². The first-order chi connectivity index (χ1) is 9.20. The van der Waals surface area contributed by atoms with Crippen LogP contribution >= 0.6 is 0 Å². The predicted octanol–water partition coefficient (Wildman–Crippen LogP) is 1.71. The topological polar surface area (TPSA) is 63.7 Å². The van der Waals surface area contributed by atoms with E-state index in [0.717, 1.165) is 16.4 Å². The Balaban J connectivity index is 3.26. The van der Waals surface area contributed by atoms with Gasteiger partial charge in [0, 0.05) is 6.04 Å². The van der Waals surface area contributed by atoms with Crippen LogP contribution in [0.2, 0.25) is 0 Å². The summed E-state index contributed by atoms with van der Waals surface area (Å²) in [5.41, 5.74) is 0.292. The van der Waals surface area contributed by atoms with Crippen LogP contribution in [0.25, 0.3) is 0 Å². The highest BCUT2D eigenvalue weighted by molar-refractivity contribution is 7.89. The van der Waals surface area contributed by atoms with E-state index >= 15 is 0 Å². The number of nitrogens with zero attached hydrogens (tertiary/aromatic N) is 1. The van der Waals surface area contributed by atoms with E-state index in [1.54, 1.807) is 13.8 Å². The summed E-state index contributed by atoms with van der Waals surface area (Å²) in [6.45, 7) is 4.43. The second-order valence-corrected chi connectivity index (χ2v) is 6.49. The van der Waals surface area contributed by atoms with Gasteiger partial charge in [-0.3, -0.25) is 4.79 Å². The molecule has 0 atom stereocenters. The molecule has 1 rings (SSSR count). The minimum absolute atomic E-state index is 0.0171. The second-order valence-electron chi connectivity index (χ2n) is 4.63. The number of rotatable bonds is 5. The first-order valence-corrected chi connectivity index (χ1v) is 7.49. The SMILES string of the molecule is COC(=O)CN(C(C)C)S(=O)(=O)c1ccc(F)cc1C. The molecule has 1 aromatic carbocycles. The summed E-state index contributed by atoms with van der Waals surface area (Å²) in [5, 5.41) is 0. The summed E-state index contributed by atoms with van der Waals surface area (Å²) in [6, 6.07) is 3.00. The van der Waals surface area contributed by atoms with Gasteiger partial charge in [0.05, 0.1) is 12.0 Å². The molecule has 0 fully saturated rings. The number of carbonyl (C=O) groups excluding carboxylic acids is 1. The van der Waals surface area contributed by atoms with Crippen molar-refractivity contribution in [3.63, 3.8) is 0 Å². The van der Waals surface area contributed by atoms with Gasteiger partial charge in [0.15, 0.2) is 0 Å². The van der Waals surface area contributed by atoms with Gasteiger partial charge in [-0.1, -0.05) is 0 Å². The standard InChI is InChI=1S/C13H18FNO4S/c1-9(2)15(8-13(16)19-4)20(17,18)12-6-5-11(14)7-10(12)3/h5-7,9H,8H2,1-4H3. The smallest absolute Gasteiger partial charge is 0.321 e. The third-order valence-electron chi connectivity index (χ3n) is 2.81. The van der Waals surface area contributed by atoms with E-state index in [4.69, 9.17) is 0 Å². The Bertz CT molecular complexity index is 598. The van der Waals surface area contributed by atoms with E-state index in [1.807, 2.05) is 0 Å². The molecule has 1 aromatic rings. The number of ether oxygens (including phenoxy) is 1. The molecule has 20 heavy (non-hydrogen) atoms. The molecule has 112 valence electrons. The highest BCUT2D eigenvalue weighted by Crippen LogP contribution is 2.22. The average Bonchev–Trinajstić information content (AvgIpc) is 2.34. The Kier molecular flexibility index (Phi) is 5.24. The molecule has 0 saturated heterocycles. The zero-order valence-electron chi connectivity index (χ0n) is 11.9. The number of halogens is 1. The quantitative estimate of drug-likeness (QED) is 0.777. The molecule has 0 aliphatic heterocycles. The van der Waals surface area contributed by atoms with Gasteiger partial charge in [0.1, 0.15) is 12.4 Å². The van der Waals surface area contributed by atoms with Crippen LogP contribution in [-0.2, 0) is 19.6 Å². The molecule has 0 unspecified atom stereocenters. The van der Waals surface area contributed by atoms with Crippen LogP contribution in [0, 0.1) is 12.7 Å². The number of esters is 1. The van der Waals surface area contributed by atoms with Crippen LogP contribution < -0.4 is 0 Å². The Morgan fingerprint density at radius 2 is 2.00 bits per heavy atom. The lowest BCUT2D eigenvalue weighted by molar-refractivity contribution is -0.141. The molecule has 0 aliphatic carbocycles.